The minimum absolute atomic E-state index is 0.0889. The van der Waals surface area contributed by atoms with Crippen LogP contribution in [0.2, 0.25) is 0 Å². The molecule has 13 heavy (non-hydrogen) atoms. The molecule has 0 unspecified atom stereocenters. The van der Waals surface area contributed by atoms with Crippen LogP contribution < -0.4 is 0 Å². The molecule has 4 heteroatoms. The summed E-state index contributed by atoms with van der Waals surface area (Å²) in [6.07, 6.45) is 1.20. The molecule has 66 valence electrons. The predicted molar refractivity (Wildman–Crippen MR) is 45.2 cm³/mol. The number of rotatable bonds is 1. The van der Waals surface area contributed by atoms with E-state index >= 15 is 0 Å². The van der Waals surface area contributed by atoms with Gasteiger partial charge in [0.1, 0.15) is 5.82 Å². The Labute approximate surface area is 72.8 Å². The van der Waals surface area contributed by atoms with Crippen LogP contribution in [0.15, 0.2) is 24.4 Å². The van der Waals surface area contributed by atoms with Crippen LogP contribution in [-0.2, 0) is 0 Å². The highest BCUT2D eigenvalue weighted by Crippen LogP contribution is 2.18. The van der Waals surface area contributed by atoms with Crippen LogP contribution in [0.25, 0.3) is 10.9 Å². The Morgan fingerprint density at radius 2 is 2.23 bits per heavy atom. The number of carboxylic acid groups (broad SMARTS) is 1. The Morgan fingerprint density at radius 1 is 1.46 bits per heavy atom. The number of fused-ring (bicyclic) bond motifs is 1. The number of hydrogen-bond acceptors (Lipinski definition) is 1. The lowest BCUT2D eigenvalue weighted by Crippen LogP contribution is -1.94. The summed E-state index contributed by atoms with van der Waals surface area (Å²) < 4.78 is 13.0. The second kappa shape index (κ2) is 2.58. The first kappa shape index (κ1) is 7.79. The lowest BCUT2D eigenvalue weighted by Gasteiger charge is -1.93. The van der Waals surface area contributed by atoms with Crippen LogP contribution in [0.3, 0.4) is 0 Å². The summed E-state index contributed by atoms with van der Waals surface area (Å²) in [5.41, 5.74) is 0.688. The monoisotopic (exact) mass is 179 g/mol. The number of hydrogen-bond donors (Lipinski definition) is 2. The first-order chi connectivity index (χ1) is 6.18. The maximum Gasteiger partial charge on any atom is 0.335 e. The molecule has 0 saturated heterocycles. The molecule has 0 fully saturated rings. The van der Waals surface area contributed by atoms with E-state index in [1.165, 1.54) is 18.3 Å². The molecule has 0 aliphatic rings. The van der Waals surface area contributed by atoms with Gasteiger partial charge in [-0.25, -0.2) is 9.18 Å². The van der Waals surface area contributed by atoms with E-state index in [-0.39, 0.29) is 5.56 Å². The van der Waals surface area contributed by atoms with Crippen LogP contribution in [0, 0.1) is 5.82 Å². The highest BCUT2D eigenvalue weighted by molar-refractivity contribution is 5.93. The van der Waals surface area contributed by atoms with Gasteiger partial charge in [0.2, 0.25) is 0 Å². The molecule has 1 aromatic carbocycles. The third-order valence-corrected chi connectivity index (χ3v) is 1.88. The number of aromatic amines is 1. The van der Waals surface area contributed by atoms with Gasteiger partial charge in [-0.1, -0.05) is 0 Å². The lowest BCUT2D eigenvalue weighted by atomic mass is 10.1. The summed E-state index contributed by atoms with van der Waals surface area (Å²) in [4.78, 5) is 13.2. The normalized spacial score (nSPS) is 10.5. The second-order valence-electron chi connectivity index (χ2n) is 2.70. The van der Waals surface area contributed by atoms with Crippen molar-refractivity contribution >= 4 is 16.9 Å². The van der Waals surface area contributed by atoms with Crippen molar-refractivity contribution in [3.05, 3.63) is 35.8 Å². The number of carbonyl (C=O) groups is 1. The summed E-state index contributed by atoms with van der Waals surface area (Å²) in [6, 6.07) is 4.28. The molecule has 0 amide bonds. The average molecular weight is 179 g/mol. The quantitative estimate of drug-likeness (QED) is 0.703. The molecule has 1 aromatic heterocycles. The topological polar surface area (TPSA) is 53.1 Å². The molecule has 0 radical (unpaired) electrons. The fraction of sp³-hybridized carbons (Fsp3) is 0. The van der Waals surface area contributed by atoms with Gasteiger partial charge >= 0.3 is 5.97 Å². The average Bonchev–Trinajstić information content (AvgIpc) is 2.47. The van der Waals surface area contributed by atoms with E-state index in [0.29, 0.717) is 10.9 Å². The van der Waals surface area contributed by atoms with Crippen molar-refractivity contribution in [2.45, 2.75) is 0 Å². The van der Waals surface area contributed by atoms with Crippen LogP contribution in [0.5, 0.6) is 0 Å². The number of aromatic carboxylic acids is 1. The van der Waals surface area contributed by atoms with Gasteiger partial charge in [0.15, 0.2) is 0 Å². The van der Waals surface area contributed by atoms with Crippen molar-refractivity contribution < 1.29 is 14.3 Å². The minimum atomic E-state index is -1.05. The maximum absolute atomic E-state index is 13.0. The van der Waals surface area contributed by atoms with Gasteiger partial charge in [0.05, 0.1) is 5.56 Å². The maximum atomic E-state index is 13.0. The van der Waals surface area contributed by atoms with Crippen molar-refractivity contribution in [1.29, 1.82) is 0 Å². The second-order valence-corrected chi connectivity index (χ2v) is 2.70. The standard InChI is InChI=1S/C9H6FNO2/c10-7-4-11-8-2-1-5(9(12)13)3-6(7)8/h1-4,11H,(H,12,13). The van der Waals surface area contributed by atoms with Crippen molar-refractivity contribution in [3.8, 4) is 0 Å². The molecule has 2 N–H and O–H groups in total. The number of nitrogens with one attached hydrogen (secondary N) is 1. The molecule has 0 spiro atoms. The van der Waals surface area contributed by atoms with Gasteiger partial charge in [0, 0.05) is 17.1 Å². The number of benzene rings is 1. The zero-order chi connectivity index (χ0) is 9.42. The Hall–Kier alpha value is -1.84. The summed E-state index contributed by atoms with van der Waals surface area (Å²) >= 11 is 0. The third-order valence-electron chi connectivity index (χ3n) is 1.88. The third kappa shape index (κ3) is 1.16. The largest absolute Gasteiger partial charge is 0.478 e. The van der Waals surface area contributed by atoms with E-state index in [0.717, 1.165) is 0 Å². The van der Waals surface area contributed by atoms with Gasteiger partial charge in [-0.05, 0) is 18.2 Å². The molecule has 0 atom stereocenters. The molecule has 0 saturated carbocycles. The van der Waals surface area contributed by atoms with E-state index in [1.54, 1.807) is 6.07 Å². The van der Waals surface area contributed by atoms with Crippen molar-refractivity contribution in [3.63, 3.8) is 0 Å². The summed E-state index contributed by atoms with van der Waals surface area (Å²) in [5, 5.41) is 8.95. The van der Waals surface area contributed by atoms with E-state index < -0.39 is 11.8 Å². The SMILES string of the molecule is O=C(O)c1ccc2[nH]cc(F)c2c1. The Bertz CT molecular complexity index is 475. The van der Waals surface area contributed by atoms with Crippen molar-refractivity contribution in [2.75, 3.05) is 0 Å². The highest BCUT2D eigenvalue weighted by Gasteiger charge is 2.07. The molecule has 1 heterocycles. The van der Waals surface area contributed by atoms with Crippen LogP contribution >= 0.6 is 0 Å². The molecular formula is C9H6FNO2. The first-order valence-electron chi connectivity index (χ1n) is 3.68. The minimum Gasteiger partial charge on any atom is -0.478 e. The fourth-order valence-electron chi connectivity index (χ4n) is 1.22. The first-order valence-corrected chi connectivity index (χ1v) is 3.68. The van der Waals surface area contributed by atoms with Gasteiger partial charge in [-0.3, -0.25) is 0 Å². The zero-order valence-corrected chi connectivity index (χ0v) is 6.54. The molecule has 2 aromatic rings. The van der Waals surface area contributed by atoms with Crippen molar-refractivity contribution in [1.82, 2.24) is 4.98 Å². The van der Waals surface area contributed by atoms with E-state index in [1.807, 2.05) is 0 Å². The van der Waals surface area contributed by atoms with Gasteiger partial charge in [-0.2, -0.15) is 0 Å². The smallest absolute Gasteiger partial charge is 0.335 e. The molecule has 3 nitrogen and oxygen atoms in total. The predicted octanol–water partition coefficient (Wildman–Crippen LogP) is 2.01. The van der Waals surface area contributed by atoms with E-state index in [4.69, 9.17) is 5.11 Å². The molecule has 0 bridgehead atoms. The fourth-order valence-corrected chi connectivity index (χ4v) is 1.22. The Morgan fingerprint density at radius 3 is 2.92 bits per heavy atom. The van der Waals surface area contributed by atoms with Crippen LogP contribution in [-0.4, -0.2) is 16.1 Å². The number of aromatic nitrogens is 1. The summed E-state index contributed by atoms with van der Waals surface area (Å²) in [6.45, 7) is 0. The van der Waals surface area contributed by atoms with Gasteiger partial charge in [-0.15, -0.1) is 0 Å². The van der Waals surface area contributed by atoms with Gasteiger partial charge in [0.25, 0.3) is 0 Å². The van der Waals surface area contributed by atoms with Gasteiger partial charge < -0.3 is 10.1 Å². The highest BCUT2D eigenvalue weighted by atomic mass is 19.1. The van der Waals surface area contributed by atoms with E-state index in [9.17, 15) is 9.18 Å². The van der Waals surface area contributed by atoms with E-state index in [2.05, 4.69) is 4.98 Å². The molecule has 0 aliphatic carbocycles. The zero-order valence-electron chi connectivity index (χ0n) is 6.54. The molecule has 0 aliphatic heterocycles. The van der Waals surface area contributed by atoms with Crippen molar-refractivity contribution in [2.24, 2.45) is 0 Å². The Balaban J connectivity index is 2.72. The Kier molecular flexibility index (Phi) is 1.55. The summed E-state index contributed by atoms with van der Waals surface area (Å²) in [7, 11) is 0. The lowest BCUT2D eigenvalue weighted by molar-refractivity contribution is 0.0697. The van der Waals surface area contributed by atoms with Crippen LogP contribution in [0.1, 0.15) is 10.4 Å². The number of H-pyrrole nitrogens is 1. The number of halogens is 1. The number of carboxylic acids is 1. The molecular weight excluding hydrogens is 173 g/mol. The van der Waals surface area contributed by atoms with Crippen LogP contribution in [0.4, 0.5) is 4.39 Å². The summed E-state index contributed by atoms with van der Waals surface area (Å²) in [5.74, 6) is -1.49. The molecule has 2 rings (SSSR count).